The Morgan fingerprint density at radius 2 is 1.47 bits per heavy atom. The molecule has 0 saturated heterocycles. The number of aromatic nitrogens is 3. The van der Waals surface area contributed by atoms with Crippen molar-refractivity contribution >= 4 is 19.8 Å². The smallest absolute Gasteiger partial charge is 0.493 e. The van der Waals surface area contributed by atoms with Crippen LogP contribution in [0, 0.1) is 6.92 Å². The van der Waals surface area contributed by atoms with Crippen LogP contribution in [-0.4, -0.2) is 50.2 Å². The first-order chi connectivity index (χ1) is 14.5. The predicted molar refractivity (Wildman–Crippen MR) is 119 cm³/mol. The molecule has 1 aromatic heterocycles. The second-order valence-electron chi connectivity index (χ2n) is 7.04. The van der Waals surface area contributed by atoms with E-state index >= 15 is 0 Å². The highest BCUT2D eigenvalue weighted by molar-refractivity contribution is 6.62. The summed E-state index contributed by atoms with van der Waals surface area (Å²) in [6.45, 7) is 12.1. The normalized spacial score (nSPS) is 13.0. The van der Waals surface area contributed by atoms with E-state index in [1.807, 2.05) is 70.2 Å². The Labute approximate surface area is 179 Å². The first kappa shape index (κ1) is 22.4. The Hall–Kier alpha value is -2.26. The molecule has 0 aliphatic rings. The quantitative estimate of drug-likeness (QED) is 0.417. The van der Waals surface area contributed by atoms with Gasteiger partial charge in [-0.15, -0.1) is 10.2 Å². The molecule has 1 heterocycles. The highest BCUT2D eigenvalue weighted by atomic mass is 28.4. The number of ether oxygens (including phenoxy) is 1. The van der Waals surface area contributed by atoms with Crippen molar-refractivity contribution < 1.29 is 18.0 Å². The van der Waals surface area contributed by atoms with Crippen molar-refractivity contribution in [1.82, 2.24) is 15.0 Å². The van der Waals surface area contributed by atoms with Crippen molar-refractivity contribution in [3.8, 4) is 11.4 Å². The van der Waals surface area contributed by atoms with Crippen LogP contribution < -0.4 is 4.74 Å². The van der Waals surface area contributed by atoms with Gasteiger partial charge in [-0.3, -0.25) is 0 Å². The Bertz CT molecular complexity index is 912. The molecule has 3 rings (SSSR count). The first-order valence-electron chi connectivity index (χ1n) is 10.5. The lowest BCUT2D eigenvalue weighted by Crippen LogP contribution is -2.51. The van der Waals surface area contributed by atoms with Gasteiger partial charge in [0.05, 0.1) is 17.8 Å². The SMILES string of the molecule is CCO[Si](OCC)(OCC)C(C)COc1ccc(-n2nc3ccccc3n2)cc1C. The van der Waals surface area contributed by atoms with Crippen LogP contribution in [0.3, 0.4) is 0 Å². The molecule has 0 radical (unpaired) electrons. The Kier molecular flexibility index (Phi) is 7.60. The number of hydrogen-bond acceptors (Lipinski definition) is 6. The summed E-state index contributed by atoms with van der Waals surface area (Å²) < 4.78 is 24.1. The van der Waals surface area contributed by atoms with Crippen molar-refractivity contribution in [3.63, 3.8) is 0 Å². The molecular formula is C22H31N3O4Si. The molecule has 0 amide bonds. The summed E-state index contributed by atoms with van der Waals surface area (Å²) >= 11 is 0. The summed E-state index contributed by atoms with van der Waals surface area (Å²) in [5.41, 5.74) is 3.65. The van der Waals surface area contributed by atoms with Gasteiger partial charge >= 0.3 is 8.80 Å². The maximum Gasteiger partial charge on any atom is 0.507 e. The predicted octanol–water partition coefficient (Wildman–Crippen LogP) is 4.55. The van der Waals surface area contributed by atoms with E-state index in [2.05, 4.69) is 17.1 Å². The molecule has 1 unspecified atom stereocenters. The Morgan fingerprint density at radius 3 is 1.97 bits per heavy atom. The van der Waals surface area contributed by atoms with Crippen LogP contribution in [0.4, 0.5) is 0 Å². The lowest BCUT2D eigenvalue weighted by molar-refractivity contribution is 0.0565. The lowest BCUT2D eigenvalue weighted by atomic mass is 10.2. The highest BCUT2D eigenvalue weighted by Crippen LogP contribution is 2.28. The average Bonchev–Trinajstić information content (AvgIpc) is 3.17. The number of hydrogen-bond donors (Lipinski definition) is 0. The number of benzene rings is 2. The summed E-state index contributed by atoms with van der Waals surface area (Å²) in [7, 11) is -2.80. The van der Waals surface area contributed by atoms with Gasteiger partial charge in [0.15, 0.2) is 0 Å². The molecule has 0 aliphatic heterocycles. The van der Waals surface area contributed by atoms with E-state index in [0.29, 0.717) is 26.4 Å². The molecule has 1 atom stereocenters. The molecule has 0 saturated carbocycles. The molecule has 0 N–H and O–H groups in total. The molecule has 3 aromatic rings. The summed E-state index contributed by atoms with van der Waals surface area (Å²) in [5.74, 6) is 0.815. The van der Waals surface area contributed by atoms with E-state index in [0.717, 1.165) is 28.0 Å². The van der Waals surface area contributed by atoms with Gasteiger partial charge in [0.1, 0.15) is 16.8 Å². The van der Waals surface area contributed by atoms with Crippen LogP contribution in [0.25, 0.3) is 16.7 Å². The molecule has 0 spiro atoms. The number of nitrogens with zero attached hydrogens (tertiary/aromatic N) is 3. The summed E-state index contributed by atoms with van der Waals surface area (Å²) in [4.78, 5) is 1.65. The molecule has 0 aliphatic carbocycles. The molecule has 162 valence electrons. The van der Waals surface area contributed by atoms with Crippen molar-refractivity contribution in [2.24, 2.45) is 0 Å². The van der Waals surface area contributed by atoms with E-state index in [1.54, 1.807) is 4.80 Å². The molecular weight excluding hydrogens is 398 g/mol. The van der Waals surface area contributed by atoms with Crippen LogP contribution in [0.1, 0.15) is 33.3 Å². The fraction of sp³-hybridized carbons (Fsp3) is 0.455. The van der Waals surface area contributed by atoms with E-state index in [4.69, 9.17) is 18.0 Å². The summed E-state index contributed by atoms with van der Waals surface area (Å²) in [5, 5.41) is 9.08. The van der Waals surface area contributed by atoms with Gasteiger partial charge in [-0.25, -0.2) is 0 Å². The Morgan fingerprint density at radius 1 is 0.900 bits per heavy atom. The van der Waals surface area contributed by atoms with Crippen molar-refractivity contribution in [1.29, 1.82) is 0 Å². The fourth-order valence-electron chi connectivity index (χ4n) is 3.37. The monoisotopic (exact) mass is 429 g/mol. The third kappa shape index (κ3) is 4.89. The Balaban J connectivity index is 1.73. The average molecular weight is 430 g/mol. The minimum Gasteiger partial charge on any atom is -0.493 e. The van der Waals surface area contributed by atoms with Crippen molar-refractivity contribution in [3.05, 3.63) is 48.0 Å². The highest BCUT2D eigenvalue weighted by Gasteiger charge is 2.47. The van der Waals surface area contributed by atoms with Gasteiger partial charge in [-0.2, -0.15) is 4.80 Å². The molecule has 30 heavy (non-hydrogen) atoms. The maximum atomic E-state index is 6.14. The number of aryl methyl sites for hydroxylation is 1. The van der Waals surface area contributed by atoms with E-state index in [-0.39, 0.29) is 5.54 Å². The summed E-state index contributed by atoms with van der Waals surface area (Å²) in [6.07, 6.45) is 0. The van der Waals surface area contributed by atoms with Gasteiger partial charge in [0.25, 0.3) is 0 Å². The standard InChI is InChI=1S/C22H31N3O4Si/c1-6-27-30(28-7-2,29-8-3)18(5)16-26-22-14-13-19(15-17(22)4)25-23-20-11-9-10-12-21(20)24-25/h9-15,18H,6-8,16H2,1-5H3. The van der Waals surface area contributed by atoms with Gasteiger partial charge in [0.2, 0.25) is 0 Å². The van der Waals surface area contributed by atoms with E-state index in [9.17, 15) is 0 Å². The third-order valence-electron chi connectivity index (χ3n) is 4.81. The summed E-state index contributed by atoms with van der Waals surface area (Å²) in [6, 6.07) is 13.8. The van der Waals surface area contributed by atoms with Crippen molar-refractivity contribution in [2.75, 3.05) is 26.4 Å². The number of fused-ring (bicyclic) bond motifs is 1. The van der Waals surface area contributed by atoms with Crippen LogP contribution in [-0.2, 0) is 13.3 Å². The number of rotatable bonds is 11. The zero-order valence-corrected chi connectivity index (χ0v) is 19.4. The van der Waals surface area contributed by atoms with Gasteiger partial charge in [0, 0.05) is 19.8 Å². The van der Waals surface area contributed by atoms with Gasteiger partial charge in [-0.05, 0) is 63.6 Å². The minimum absolute atomic E-state index is 0.00880. The zero-order chi connectivity index (χ0) is 21.6. The maximum absolute atomic E-state index is 6.14. The van der Waals surface area contributed by atoms with Gasteiger partial charge < -0.3 is 18.0 Å². The molecule has 7 nitrogen and oxygen atoms in total. The molecule has 8 heteroatoms. The minimum atomic E-state index is -2.80. The van der Waals surface area contributed by atoms with Gasteiger partial charge in [-0.1, -0.05) is 19.1 Å². The first-order valence-corrected chi connectivity index (χ1v) is 12.3. The van der Waals surface area contributed by atoms with E-state index < -0.39 is 8.80 Å². The second-order valence-corrected chi connectivity index (χ2v) is 10.1. The van der Waals surface area contributed by atoms with E-state index in [1.165, 1.54) is 0 Å². The lowest BCUT2D eigenvalue weighted by Gasteiger charge is -2.33. The second kappa shape index (κ2) is 10.2. The van der Waals surface area contributed by atoms with Crippen LogP contribution in [0.2, 0.25) is 5.54 Å². The molecule has 2 aromatic carbocycles. The third-order valence-corrected chi connectivity index (χ3v) is 8.25. The largest absolute Gasteiger partial charge is 0.507 e. The fourth-order valence-corrected chi connectivity index (χ4v) is 5.97. The zero-order valence-electron chi connectivity index (χ0n) is 18.4. The van der Waals surface area contributed by atoms with Crippen LogP contribution >= 0.6 is 0 Å². The van der Waals surface area contributed by atoms with Crippen LogP contribution in [0.15, 0.2) is 42.5 Å². The molecule has 0 bridgehead atoms. The van der Waals surface area contributed by atoms with Crippen molar-refractivity contribution in [2.45, 2.75) is 40.2 Å². The topological polar surface area (TPSA) is 67.6 Å². The molecule has 0 fully saturated rings. The van der Waals surface area contributed by atoms with Crippen LogP contribution in [0.5, 0.6) is 5.75 Å².